The Kier molecular flexibility index (Phi) is 7.87. The second kappa shape index (κ2) is 11.8. The third kappa shape index (κ3) is 5.86. The van der Waals surface area contributed by atoms with Crippen molar-refractivity contribution in [1.82, 2.24) is 9.55 Å². The first-order valence-corrected chi connectivity index (χ1v) is 13.1. The smallest absolute Gasteiger partial charge is 0.315 e. The third-order valence-corrected chi connectivity index (χ3v) is 6.65. The SMILES string of the molecule is CCOC(=O)CC(=O)Nc1c(Nc2ccc(-n3ccnc3C(C)c3ccc(F)cc3)cc2)ccc2ccccc12. The molecule has 0 radical (unpaired) electrons. The van der Waals surface area contributed by atoms with Crippen molar-refractivity contribution in [3.8, 4) is 5.69 Å². The summed E-state index contributed by atoms with van der Waals surface area (Å²) in [5.74, 6) is -0.482. The molecule has 5 rings (SSSR count). The fourth-order valence-electron chi connectivity index (χ4n) is 4.65. The summed E-state index contributed by atoms with van der Waals surface area (Å²) in [4.78, 5) is 29.1. The predicted octanol–water partition coefficient (Wildman–Crippen LogP) is 6.95. The number of carbonyl (C=O) groups excluding carboxylic acids is 2. The van der Waals surface area contributed by atoms with Gasteiger partial charge in [0.05, 0.1) is 18.0 Å². The van der Waals surface area contributed by atoms with Gasteiger partial charge in [0.1, 0.15) is 18.1 Å². The van der Waals surface area contributed by atoms with Crippen LogP contribution in [0.1, 0.15) is 37.6 Å². The van der Waals surface area contributed by atoms with E-state index in [0.717, 1.165) is 33.5 Å². The predicted molar refractivity (Wildman–Crippen MR) is 155 cm³/mol. The number of nitrogens with one attached hydrogen (secondary N) is 2. The second-order valence-electron chi connectivity index (χ2n) is 9.34. The van der Waals surface area contributed by atoms with E-state index in [-0.39, 0.29) is 24.8 Å². The van der Waals surface area contributed by atoms with Gasteiger partial charge in [0, 0.05) is 35.1 Å². The molecule has 0 aliphatic rings. The largest absolute Gasteiger partial charge is 0.466 e. The van der Waals surface area contributed by atoms with Crippen LogP contribution in [0.5, 0.6) is 0 Å². The van der Waals surface area contributed by atoms with Crippen molar-refractivity contribution in [3.63, 3.8) is 0 Å². The number of anilines is 3. The van der Waals surface area contributed by atoms with Crippen molar-refractivity contribution in [2.24, 2.45) is 0 Å². The fraction of sp³-hybridized carbons (Fsp3) is 0.156. The number of esters is 1. The van der Waals surface area contributed by atoms with Crippen LogP contribution in [0.25, 0.3) is 16.5 Å². The fourth-order valence-corrected chi connectivity index (χ4v) is 4.65. The molecule has 40 heavy (non-hydrogen) atoms. The first-order chi connectivity index (χ1) is 19.4. The molecule has 0 spiro atoms. The lowest BCUT2D eigenvalue weighted by Gasteiger charge is -2.17. The minimum Gasteiger partial charge on any atom is -0.466 e. The maximum Gasteiger partial charge on any atom is 0.315 e. The maximum absolute atomic E-state index is 13.4. The van der Waals surface area contributed by atoms with E-state index in [1.54, 1.807) is 25.3 Å². The minimum atomic E-state index is -0.571. The van der Waals surface area contributed by atoms with Crippen molar-refractivity contribution < 1.29 is 18.7 Å². The van der Waals surface area contributed by atoms with Gasteiger partial charge in [-0.1, -0.05) is 49.4 Å². The van der Waals surface area contributed by atoms with Crippen LogP contribution in [-0.2, 0) is 14.3 Å². The molecule has 1 aromatic heterocycles. The Labute approximate surface area is 231 Å². The van der Waals surface area contributed by atoms with Gasteiger partial charge in [-0.05, 0) is 60.3 Å². The maximum atomic E-state index is 13.4. The summed E-state index contributed by atoms with van der Waals surface area (Å²) in [6.07, 6.45) is 3.29. The van der Waals surface area contributed by atoms with E-state index in [4.69, 9.17) is 4.74 Å². The van der Waals surface area contributed by atoms with E-state index in [1.807, 2.05) is 78.4 Å². The Balaban J connectivity index is 1.39. The summed E-state index contributed by atoms with van der Waals surface area (Å²) in [6, 6.07) is 25.9. The van der Waals surface area contributed by atoms with E-state index < -0.39 is 11.9 Å². The van der Waals surface area contributed by atoms with Crippen LogP contribution in [0.15, 0.2) is 97.3 Å². The quantitative estimate of drug-likeness (QED) is 0.157. The number of hydrogen-bond acceptors (Lipinski definition) is 5. The van der Waals surface area contributed by atoms with Gasteiger partial charge in [-0.2, -0.15) is 0 Å². The number of ether oxygens (including phenoxy) is 1. The molecule has 0 saturated carbocycles. The summed E-state index contributed by atoms with van der Waals surface area (Å²) in [5, 5.41) is 8.10. The van der Waals surface area contributed by atoms with E-state index in [1.165, 1.54) is 12.1 Å². The average Bonchev–Trinajstić information content (AvgIpc) is 3.45. The molecule has 202 valence electrons. The van der Waals surface area contributed by atoms with Crippen molar-refractivity contribution in [1.29, 1.82) is 0 Å². The molecular formula is C32H29FN4O3. The summed E-state index contributed by atoms with van der Waals surface area (Å²) in [7, 11) is 0. The van der Waals surface area contributed by atoms with Gasteiger partial charge >= 0.3 is 5.97 Å². The molecule has 1 amide bonds. The standard InChI is InChI=1S/C32H29FN4O3/c1-3-40-30(39)20-29(38)36-31-27-7-5-4-6-23(27)10-17-28(31)35-25-13-15-26(16-14-25)37-19-18-34-32(37)21(2)22-8-11-24(33)12-9-22/h4-19,21,35H,3,20H2,1-2H3,(H,36,38). The van der Waals surface area contributed by atoms with Crippen LogP contribution in [0, 0.1) is 5.82 Å². The molecule has 0 aliphatic heterocycles. The lowest BCUT2D eigenvalue weighted by atomic mass is 10.0. The zero-order chi connectivity index (χ0) is 28.1. The highest BCUT2D eigenvalue weighted by Crippen LogP contribution is 2.34. The van der Waals surface area contributed by atoms with Gasteiger partial charge in [0.25, 0.3) is 0 Å². The Morgan fingerprint density at radius 3 is 2.48 bits per heavy atom. The van der Waals surface area contributed by atoms with Crippen LogP contribution < -0.4 is 10.6 Å². The average molecular weight is 537 g/mol. The Bertz CT molecular complexity index is 1650. The molecule has 8 heteroatoms. The normalized spacial score (nSPS) is 11.7. The first kappa shape index (κ1) is 26.6. The molecular weight excluding hydrogens is 507 g/mol. The Morgan fingerprint density at radius 2 is 1.73 bits per heavy atom. The zero-order valence-electron chi connectivity index (χ0n) is 22.2. The van der Waals surface area contributed by atoms with Crippen molar-refractivity contribution in [2.75, 3.05) is 17.2 Å². The van der Waals surface area contributed by atoms with Gasteiger partial charge in [-0.3, -0.25) is 9.59 Å². The molecule has 2 N–H and O–H groups in total. The first-order valence-electron chi connectivity index (χ1n) is 13.1. The molecule has 1 atom stereocenters. The number of carbonyl (C=O) groups is 2. The van der Waals surface area contributed by atoms with E-state index in [0.29, 0.717) is 11.4 Å². The molecule has 1 heterocycles. The number of nitrogens with zero attached hydrogens (tertiary/aromatic N) is 2. The third-order valence-electron chi connectivity index (χ3n) is 6.65. The number of aromatic nitrogens is 2. The summed E-state index contributed by atoms with van der Waals surface area (Å²) >= 11 is 0. The van der Waals surface area contributed by atoms with Gasteiger partial charge in [0.15, 0.2) is 0 Å². The lowest BCUT2D eigenvalue weighted by Crippen LogP contribution is -2.19. The monoisotopic (exact) mass is 536 g/mol. The van der Waals surface area contributed by atoms with Gasteiger partial charge in [-0.15, -0.1) is 0 Å². The molecule has 0 fully saturated rings. The van der Waals surface area contributed by atoms with E-state index >= 15 is 0 Å². The lowest BCUT2D eigenvalue weighted by molar-refractivity contribution is -0.145. The van der Waals surface area contributed by atoms with Crippen molar-refractivity contribution >= 4 is 39.7 Å². The molecule has 7 nitrogen and oxygen atoms in total. The highest BCUT2D eigenvalue weighted by atomic mass is 19.1. The molecule has 4 aromatic carbocycles. The van der Waals surface area contributed by atoms with Crippen LogP contribution in [0.3, 0.4) is 0 Å². The summed E-state index contributed by atoms with van der Waals surface area (Å²) in [6.45, 7) is 3.96. The molecule has 0 saturated heterocycles. The van der Waals surface area contributed by atoms with Crippen LogP contribution in [0.4, 0.5) is 21.5 Å². The molecule has 0 aliphatic carbocycles. The van der Waals surface area contributed by atoms with Gasteiger partial charge < -0.3 is 19.9 Å². The van der Waals surface area contributed by atoms with E-state index in [2.05, 4.69) is 15.6 Å². The van der Waals surface area contributed by atoms with E-state index in [9.17, 15) is 14.0 Å². The second-order valence-corrected chi connectivity index (χ2v) is 9.34. The number of fused-ring (bicyclic) bond motifs is 1. The highest BCUT2D eigenvalue weighted by molar-refractivity contribution is 6.10. The van der Waals surface area contributed by atoms with Crippen LogP contribution in [0.2, 0.25) is 0 Å². The van der Waals surface area contributed by atoms with Crippen molar-refractivity contribution in [2.45, 2.75) is 26.2 Å². The summed E-state index contributed by atoms with van der Waals surface area (Å²) in [5.41, 5.74) is 3.99. The zero-order valence-corrected chi connectivity index (χ0v) is 22.2. The van der Waals surface area contributed by atoms with Crippen LogP contribution in [-0.4, -0.2) is 28.0 Å². The number of hydrogen-bond donors (Lipinski definition) is 2. The van der Waals surface area contributed by atoms with Crippen LogP contribution >= 0.6 is 0 Å². The number of imidazole rings is 1. The Hall–Kier alpha value is -4.98. The molecule has 0 bridgehead atoms. The highest BCUT2D eigenvalue weighted by Gasteiger charge is 2.17. The summed E-state index contributed by atoms with van der Waals surface area (Å²) < 4.78 is 20.3. The molecule has 5 aromatic rings. The number of halogens is 1. The molecule has 1 unspecified atom stereocenters. The van der Waals surface area contributed by atoms with Crippen molar-refractivity contribution in [3.05, 3.63) is 115 Å². The van der Waals surface area contributed by atoms with Gasteiger partial charge in [0.2, 0.25) is 5.91 Å². The number of benzene rings is 4. The topological polar surface area (TPSA) is 85.3 Å². The number of amides is 1. The Morgan fingerprint density at radius 1 is 0.975 bits per heavy atom. The van der Waals surface area contributed by atoms with Gasteiger partial charge in [-0.25, -0.2) is 9.37 Å². The minimum absolute atomic E-state index is 0.0354. The number of rotatable bonds is 9.